The van der Waals surface area contributed by atoms with Gasteiger partial charge in [0.25, 0.3) is 5.91 Å². The lowest BCUT2D eigenvalue weighted by Crippen LogP contribution is -2.33. The number of carbonyl (C=O) groups is 1. The summed E-state index contributed by atoms with van der Waals surface area (Å²) < 4.78 is 0.690. The lowest BCUT2D eigenvalue weighted by Gasteiger charge is -2.12. The molecular formula is C12H15BrN2O. The summed E-state index contributed by atoms with van der Waals surface area (Å²) in [6.45, 7) is 2.05. The first-order chi connectivity index (χ1) is 7.65. The van der Waals surface area contributed by atoms with Crippen molar-refractivity contribution in [3.05, 3.63) is 28.5 Å². The standard InChI is InChI=1S/C12H15BrN2O/c1-8(7-9-5-6-9)14-12(16)10-3-2-4-11(13)15-10/h2-4,8-9H,5-7H2,1H3,(H,14,16). The summed E-state index contributed by atoms with van der Waals surface area (Å²) in [6.07, 6.45) is 3.71. The van der Waals surface area contributed by atoms with E-state index in [2.05, 4.69) is 26.2 Å². The molecule has 1 aromatic rings. The van der Waals surface area contributed by atoms with Crippen LogP contribution in [0.15, 0.2) is 22.8 Å². The summed E-state index contributed by atoms with van der Waals surface area (Å²) >= 11 is 3.26. The Morgan fingerprint density at radius 3 is 3.00 bits per heavy atom. The average molecular weight is 283 g/mol. The van der Waals surface area contributed by atoms with Crippen LogP contribution < -0.4 is 5.32 Å². The molecular weight excluding hydrogens is 268 g/mol. The van der Waals surface area contributed by atoms with E-state index < -0.39 is 0 Å². The Morgan fingerprint density at radius 2 is 2.38 bits per heavy atom. The summed E-state index contributed by atoms with van der Waals surface area (Å²) in [7, 11) is 0. The lowest BCUT2D eigenvalue weighted by molar-refractivity contribution is 0.0932. The van der Waals surface area contributed by atoms with E-state index in [0.29, 0.717) is 10.3 Å². The fourth-order valence-electron chi connectivity index (χ4n) is 1.74. The number of hydrogen-bond donors (Lipinski definition) is 1. The summed E-state index contributed by atoms with van der Waals surface area (Å²) in [5.41, 5.74) is 0.469. The number of amides is 1. The average Bonchev–Trinajstić information content (AvgIpc) is 3.01. The number of nitrogens with one attached hydrogen (secondary N) is 1. The number of rotatable bonds is 4. The molecule has 0 aromatic carbocycles. The van der Waals surface area contributed by atoms with Gasteiger partial charge < -0.3 is 5.32 Å². The molecule has 1 aliphatic rings. The van der Waals surface area contributed by atoms with Gasteiger partial charge in [0.1, 0.15) is 10.3 Å². The van der Waals surface area contributed by atoms with Crippen molar-refractivity contribution in [3.63, 3.8) is 0 Å². The molecule has 0 aliphatic heterocycles. The van der Waals surface area contributed by atoms with Gasteiger partial charge >= 0.3 is 0 Å². The van der Waals surface area contributed by atoms with Gasteiger partial charge in [0, 0.05) is 6.04 Å². The number of pyridine rings is 1. The fraction of sp³-hybridized carbons (Fsp3) is 0.500. The molecule has 4 heteroatoms. The van der Waals surface area contributed by atoms with Crippen molar-refractivity contribution in [2.24, 2.45) is 5.92 Å². The molecule has 0 radical (unpaired) electrons. The number of aromatic nitrogens is 1. The second-order valence-corrected chi connectivity index (χ2v) is 5.21. The minimum absolute atomic E-state index is 0.0885. The van der Waals surface area contributed by atoms with Gasteiger partial charge in [-0.3, -0.25) is 4.79 Å². The third kappa shape index (κ3) is 3.30. The van der Waals surface area contributed by atoms with E-state index >= 15 is 0 Å². The van der Waals surface area contributed by atoms with Gasteiger partial charge in [0.2, 0.25) is 0 Å². The number of hydrogen-bond acceptors (Lipinski definition) is 2. The van der Waals surface area contributed by atoms with Crippen LogP contribution in [0.5, 0.6) is 0 Å². The van der Waals surface area contributed by atoms with Crippen molar-refractivity contribution in [1.82, 2.24) is 10.3 Å². The molecule has 0 spiro atoms. The first-order valence-corrected chi connectivity index (χ1v) is 6.38. The highest BCUT2D eigenvalue weighted by molar-refractivity contribution is 9.10. The van der Waals surface area contributed by atoms with Crippen molar-refractivity contribution in [2.45, 2.75) is 32.2 Å². The molecule has 16 heavy (non-hydrogen) atoms. The van der Waals surface area contributed by atoms with Crippen molar-refractivity contribution < 1.29 is 4.79 Å². The van der Waals surface area contributed by atoms with Crippen molar-refractivity contribution in [1.29, 1.82) is 0 Å². The summed E-state index contributed by atoms with van der Waals surface area (Å²) in [5, 5.41) is 2.97. The molecule has 1 unspecified atom stereocenters. The molecule has 3 nitrogen and oxygen atoms in total. The van der Waals surface area contributed by atoms with Crippen molar-refractivity contribution >= 4 is 21.8 Å². The van der Waals surface area contributed by atoms with Crippen LogP contribution in [0.25, 0.3) is 0 Å². The Kier molecular flexibility index (Phi) is 3.59. The zero-order chi connectivity index (χ0) is 11.5. The highest BCUT2D eigenvalue weighted by Gasteiger charge is 2.24. The van der Waals surface area contributed by atoms with Crippen LogP contribution in [0.4, 0.5) is 0 Å². The monoisotopic (exact) mass is 282 g/mol. The molecule has 0 bridgehead atoms. The third-order valence-corrected chi connectivity index (χ3v) is 3.15. The quantitative estimate of drug-likeness (QED) is 0.863. The van der Waals surface area contributed by atoms with E-state index in [9.17, 15) is 4.79 Å². The predicted octanol–water partition coefficient (Wildman–Crippen LogP) is 2.76. The Balaban J connectivity index is 1.91. The van der Waals surface area contributed by atoms with Crippen LogP contribution in [-0.2, 0) is 0 Å². The summed E-state index contributed by atoms with van der Waals surface area (Å²) in [4.78, 5) is 15.9. The fourth-order valence-corrected chi connectivity index (χ4v) is 2.09. The summed E-state index contributed by atoms with van der Waals surface area (Å²) in [5.74, 6) is 0.736. The predicted molar refractivity (Wildman–Crippen MR) is 66.2 cm³/mol. The van der Waals surface area contributed by atoms with Crippen LogP contribution in [-0.4, -0.2) is 16.9 Å². The van der Waals surface area contributed by atoms with Gasteiger partial charge in [-0.1, -0.05) is 18.9 Å². The molecule has 2 rings (SSSR count). The molecule has 1 aliphatic carbocycles. The molecule has 1 heterocycles. The van der Waals surface area contributed by atoms with Gasteiger partial charge in [0.05, 0.1) is 0 Å². The highest BCUT2D eigenvalue weighted by atomic mass is 79.9. The van der Waals surface area contributed by atoms with Crippen molar-refractivity contribution in [3.8, 4) is 0 Å². The zero-order valence-corrected chi connectivity index (χ0v) is 10.8. The second kappa shape index (κ2) is 4.95. The zero-order valence-electron chi connectivity index (χ0n) is 9.24. The van der Waals surface area contributed by atoms with Gasteiger partial charge in [-0.05, 0) is 47.3 Å². The molecule has 1 aromatic heterocycles. The molecule has 1 saturated carbocycles. The molecule has 1 N–H and O–H groups in total. The van der Waals surface area contributed by atoms with Crippen LogP contribution in [0, 0.1) is 5.92 Å². The molecule has 1 atom stereocenters. The topological polar surface area (TPSA) is 42.0 Å². The lowest BCUT2D eigenvalue weighted by atomic mass is 10.1. The number of nitrogens with zero attached hydrogens (tertiary/aromatic N) is 1. The molecule has 86 valence electrons. The van der Waals surface area contributed by atoms with E-state index in [1.807, 2.05) is 19.1 Å². The smallest absolute Gasteiger partial charge is 0.270 e. The Labute approximate surface area is 104 Å². The van der Waals surface area contributed by atoms with Gasteiger partial charge in [0.15, 0.2) is 0 Å². The van der Waals surface area contributed by atoms with Gasteiger partial charge in [-0.25, -0.2) is 4.98 Å². The van der Waals surface area contributed by atoms with Crippen LogP contribution >= 0.6 is 15.9 Å². The van der Waals surface area contributed by atoms with Crippen LogP contribution in [0.3, 0.4) is 0 Å². The van der Waals surface area contributed by atoms with E-state index in [1.54, 1.807) is 6.07 Å². The van der Waals surface area contributed by atoms with E-state index in [0.717, 1.165) is 12.3 Å². The maximum atomic E-state index is 11.8. The van der Waals surface area contributed by atoms with Gasteiger partial charge in [-0.15, -0.1) is 0 Å². The number of carbonyl (C=O) groups excluding carboxylic acids is 1. The maximum Gasteiger partial charge on any atom is 0.270 e. The Morgan fingerprint density at radius 1 is 1.62 bits per heavy atom. The minimum atomic E-state index is -0.0885. The molecule has 1 amide bonds. The highest BCUT2D eigenvalue weighted by Crippen LogP contribution is 2.33. The SMILES string of the molecule is CC(CC1CC1)NC(=O)c1cccc(Br)n1. The normalized spacial score (nSPS) is 16.9. The van der Waals surface area contributed by atoms with E-state index in [-0.39, 0.29) is 11.9 Å². The molecule has 0 saturated heterocycles. The van der Waals surface area contributed by atoms with Gasteiger partial charge in [-0.2, -0.15) is 0 Å². The number of halogens is 1. The van der Waals surface area contributed by atoms with E-state index in [1.165, 1.54) is 12.8 Å². The minimum Gasteiger partial charge on any atom is -0.348 e. The Hall–Kier alpha value is -0.900. The first kappa shape index (κ1) is 11.6. The Bertz CT molecular complexity index is 390. The summed E-state index contributed by atoms with van der Waals surface area (Å²) in [6, 6.07) is 5.59. The molecule has 1 fully saturated rings. The second-order valence-electron chi connectivity index (χ2n) is 4.40. The third-order valence-electron chi connectivity index (χ3n) is 2.71. The largest absolute Gasteiger partial charge is 0.348 e. The van der Waals surface area contributed by atoms with Crippen LogP contribution in [0.1, 0.15) is 36.7 Å². The van der Waals surface area contributed by atoms with Crippen molar-refractivity contribution in [2.75, 3.05) is 0 Å². The maximum absolute atomic E-state index is 11.8. The van der Waals surface area contributed by atoms with Crippen LogP contribution in [0.2, 0.25) is 0 Å². The first-order valence-electron chi connectivity index (χ1n) is 5.58. The van der Waals surface area contributed by atoms with E-state index in [4.69, 9.17) is 0 Å².